The van der Waals surface area contributed by atoms with E-state index in [1.54, 1.807) is 0 Å². The van der Waals surface area contributed by atoms with Gasteiger partial charge in [-0.05, 0) is 16.7 Å². The predicted octanol–water partition coefficient (Wildman–Crippen LogP) is 3.10. The van der Waals surface area contributed by atoms with Crippen molar-refractivity contribution in [2.75, 3.05) is 0 Å². The van der Waals surface area contributed by atoms with Gasteiger partial charge in [0.2, 0.25) is 0 Å². The maximum absolute atomic E-state index is 13.1. The van der Waals surface area contributed by atoms with Crippen LogP contribution in [-0.4, -0.2) is 64.9 Å². The molecule has 0 bridgehead atoms. The van der Waals surface area contributed by atoms with E-state index in [0.717, 1.165) is 16.7 Å². The van der Waals surface area contributed by atoms with Crippen LogP contribution in [-0.2, 0) is 53.1 Å². The van der Waals surface area contributed by atoms with Crippen molar-refractivity contribution >= 4 is 11.9 Å². The Labute approximate surface area is 238 Å². The van der Waals surface area contributed by atoms with Crippen molar-refractivity contribution in [3.05, 3.63) is 108 Å². The number of esters is 2. The molecule has 2 N–H and O–H groups in total. The number of ether oxygens (including phenoxy) is 5. The van der Waals surface area contributed by atoms with E-state index < -0.39 is 54.7 Å². The lowest BCUT2D eigenvalue weighted by atomic mass is 9.84. The maximum atomic E-state index is 13.1. The van der Waals surface area contributed by atoms with Crippen LogP contribution in [0.5, 0.6) is 0 Å². The van der Waals surface area contributed by atoms with Gasteiger partial charge in [-0.3, -0.25) is 4.79 Å². The summed E-state index contributed by atoms with van der Waals surface area (Å²) in [6.07, 6.45) is -8.13. The molecule has 3 aromatic rings. The lowest BCUT2D eigenvalue weighted by Crippen LogP contribution is -2.66. The molecule has 0 spiro atoms. The molecule has 3 aromatic carbocycles. The molecule has 9 heteroatoms. The summed E-state index contributed by atoms with van der Waals surface area (Å²) in [6.45, 7) is 0.322. The molecule has 0 aromatic heterocycles. The Hall–Kier alpha value is -3.60. The monoisotopic (exact) mass is 562 g/mol. The molecule has 7 atom stereocenters. The number of aliphatic hydroxyl groups excluding tert-OH is 2. The van der Waals surface area contributed by atoms with Crippen molar-refractivity contribution < 1.29 is 43.5 Å². The van der Waals surface area contributed by atoms with Gasteiger partial charge in [0.05, 0.1) is 19.8 Å². The van der Waals surface area contributed by atoms with Crippen LogP contribution in [0.1, 0.15) is 29.5 Å². The standard InChI is InChI=1S/C32H34O9/c33-25-17-16-24(40-25)32(36)41-31-29(38-19-22-12-6-2-7-13-22)26(34)28(37-18-21-10-4-1-5-11-21)27(35)30(31)39-20-23-14-8-3-9-15-23/h1-15,24,26-31,34-35H,16-20H2/t24-,26-,27+,28?,29-,30-,31?/m1/s1. The highest BCUT2D eigenvalue weighted by molar-refractivity contribution is 5.82. The van der Waals surface area contributed by atoms with Crippen LogP contribution < -0.4 is 0 Å². The van der Waals surface area contributed by atoms with Gasteiger partial charge in [0.1, 0.15) is 30.5 Å². The number of carbonyl (C=O) groups excluding carboxylic acids is 2. The summed E-state index contributed by atoms with van der Waals surface area (Å²) < 4.78 is 29.4. The molecule has 1 aliphatic heterocycles. The Morgan fingerprint density at radius 2 is 1.07 bits per heavy atom. The van der Waals surface area contributed by atoms with Gasteiger partial charge in [0.15, 0.2) is 12.2 Å². The zero-order valence-corrected chi connectivity index (χ0v) is 22.5. The van der Waals surface area contributed by atoms with Crippen molar-refractivity contribution in [1.29, 1.82) is 0 Å². The van der Waals surface area contributed by atoms with E-state index in [0.29, 0.717) is 0 Å². The fraction of sp³-hybridized carbons (Fsp3) is 0.375. The molecule has 1 aliphatic carbocycles. The Kier molecular flexibility index (Phi) is 9.76. The quantitative estimate of drug-likeness (QED) is 0.340. The van der Waals surface area contributed by atoms with Crippen molar-refractivity contribution in [3.8, 4) is 0 Å². The van der Waals surface area contributed by atoms with Gasteiger partial charge >= 0.3 is 11.9 Å². The molecule has 2 unspecified atom stereocenters. The second-order valence-electron chi connectivity index (χ2n) is 10.2. The van der Waals surface area contributed by atoms with Crippen LogP contribution in [0, 0.1) is 0 Å². The minimum atomic E-state index is -1.38. The van der Waals surface area contributed by atoms with Crippen LogP contribution >= 0.6 is 0 Å². The molecular weight excluding hydrogens is 528 g/mol. The Balaban J connectivity index is 1.42. The lowest BCUT2D eigenvalue weighted by Gasteiger charge is -2.46. The number of carbonyl (C=O) groups is 2. The molecule has 1 heterocycles. The first kappa shape index (κ1) is 28.9. The normalized spacial score (nSPS) is 27.8. The highest BCUT2D eigenvalue weighted by Gasteiger charge is 2.54. The molecule has 2 aliphatic rings. The molecule has 1 saturated heterocycles. The Morgan fingerprint density at radius 3 is 1.46 bits per heavy atom. The van der Waals surface area contributed by atoms with Crippen LogP contribution in [0.2, 0.25) is 0 Å². The maximum Gasteiger partial charge on any atom is 0.347 e. The summed E-state index contributed by atoms with van der Waals surface area (Å²) in [6, 6.07) is 28.1. The Bertz CT molecular complexity index is 1200. The summed E-state index contributed by atoms with van der Waals surface area (Å²) >= 11 is 0. The van der Waals surface area contributed by atoms with Gasteiger partial charge < -0.3 is 33.9 Å². The van der Waals surface area contributed by atoms with Gasteiger partial charge in [0, 0.05) is 12.8 Å². The first-order chi connectivity index (χ1) is 20.0. The van der Waals surface area contributed by atoms with Crippen molar-refractivity contribution in [1.82, 2.24) is 0 Å². The fourth-order valence-electron chi connectivity index (χ4n) is 5.07. The average Bonchev–Trinajstić information content (AvgIpc) is 3.44. The molecule has 41 heavy (non-hydrogen) atoms. The van der Waals surface area contributed by atoms with Gasteiger partial charge in [-0.25, -0.2) is 4.79 Å². The van der Waals surface area contributed by atoms with Crippen LogP contribution in [0.15, 0.2) is 91.0 Å². The molecule has 1 saturated carbocycles. The summed E-state index contributed by atoms with van der Waals surface area (Å²) in [5.41, 5.74) is 2.53. The van der Waals surface area contributed by atoms with Crippen molar-refractivity contribution in [2.45, 2.75) is 75.4 Å². The van der Waals surface area contributed by atoms with Crippen molar-refractivity contribution in [3.63, 3.8) is 0 Å². The van der Waals surface area contributed by atoms with Gasteiger partial charge in [-0.15, -0.1) is 0 Å². The number of hydrogen-bond donors (Lipinski definition) is 2. The van der Waals surface area contributed by atoms with Gasteiger partial charge in [-0.2, -0.15) is 0 Å². The number of aliphatic hydroxyl groups is 2. The van der Waals surface area contributed by atoms with E-state index in [4.69, 9.17) is 23.7 Å². The van der Waals surface area contributed by atoms with Crippen LogP contribution in [0.25, 0.3) is 0 Å². The van der Waals surface area contributed by atoms with Crippen molar-refractivity contribution in [2.24, 2.45) is 0 Å². The smallest absolute Gasteiger partial charge is 0.347 e. The SMILES string of the molecule is O=C1CC[C@H](C(=O)OC2[C@H](OCc3ccccc3)[C@H](O)C(OCc3ccccc3)[C@H](O)[C@H]2OCc2ccccc2)O1. The number of rotatable bonds is 11. The van der Waals surface area contributed by atoms with Gasteiger partial charge in [-0.1, -0.05) is 91.0 Å². The summed E-state index contributed by atoms with van der Waals surface area (Å²) in [4.78, 5) is 24.8. The third-order valence-electron chi connectivity index (χ3n) is 7.25. The van der Waals surface area contributed by atoms with E-state index in [-0.39, 0.29) is 32.7 Å². The zero-order chi connectivity index (χ0) is 28.6. The van der Waals surface area contributed by atoms with Gasteiger partial charge in [0.25, 0.3) is 0 Å². The topological polar surface area (TPSA) is 121 Å². The molecular formula is C32H34O9. The van der Waals surface area contributed by atoms with Crippen LogP contribution in [0.4, 0.5) is 0 Å². The average molecular weight is 563 g/mol. The molecule has 5 rings (SSSR count). The molecule has 2 fully saturated rings. The van der Waals surface area contributed by atoms with Crippen LogP contribution in [0.3, 0.4) is 0 Å². The zero-order valence-electron chi connectivity index (χ0n) is 22.5. The molecule has 9 nitrogen and oxygen atoms in total. The highest BCUT2D eigenvalue weighted by atomic mass is 16.6. The molecule has 0 radical (unpaired) electrons. The van der Waals surface area contributed by atoms with E-state index >= 15 is 0 Å². The first-order valence-electron chi connectivity index (χ1n) is 13.7. The second-order valence-corrected chi connectivity index (χ2v) is 10.2. The highest BCUT2D eigenvalue weighted by Crippen LogP contribution is 2.33. The Morgan fingerprint density at radius 1 is 0.659 bits per heavy atom. The predicted molar refractivity (Wildman–Crippen MR) is 146 cm³/mol. The van der Waals surface area contributed by atoms with E-state index in [1.165, 1.54) is 0 Å². The summed E-state index contributed by atoms with van der Waals surface area (Å²) in [5.74, 6) is -1.27. The largest absolute Gasteiger partial charge is 0.454 e. The van der Waals surface area contributed by atoms with E-state index in [9.17, 15) is 19.8 Å². The third kappa shape index (κ3) is 7.38. The first-order valence-corrected chi connectivity index (χ1v) is 13.7. The molecule has 0 amide bonds. The number of benzene rings is 3. The minimum Gasteiger partial charge on any atom is -0.454 e. The second kappa shape index (κ2) is 13.8. The fourth-order valence-corrected chi connectivity index (χ4v) is 5.07. The minimum absolute atomic E-state index is 0.0991. The molecule has 216 valence electrons. The number of cyclic esters (lactones) is 1. The summed E-state index contributed by atoms with van der Waals surface area (Å²) in [5, 5.41) is 23.0. The number of hydrogen-bond acceptors (Lipinski definition) is 9. The lowest BCUT2D eigenvalue weighted by molar-refractivity contribution is -0.268. The third-order valence-corrected chi connectivity index (χ3v) is 7.25. The van der Waals surface area contributed by atoms with E-state index in [1.807, 2.05) is 91.0 Å². The summed E-state index contributed by atoms with van der Waals surface area (Å²) in [7, 11) is 0. The van der Waals surface area contributed by atoms with E-state index in [2.05, 4.69) is 0 Å².